The number of carbonyl (C=O) groups is 2. The van der Waals surface area contributed by atoms with Gasteiger partial charge in [0.15, 0.2) is 0 Å². The molecule has 0 aliphatic rings. The van der Waals surface area contributed by atoms with Crippen LogP contribution in [0.3, 0.4) is 0 Å². The summed E-state index contributed by atoms with van der Waals surface area (Å²) in [6.07, 6.45) is 0.668. The van der Waals surface area contributed by atoms with Crippen molar-refractivity contribution in [1.29, 1.82) is 0 Å². The lowest BCUT2D eigenvalue weighted by Crippen LogP contribution is -2.31. The molecule has 0 saturated carbocycles. The Labute approximate surface area is 101 Å². The highest BCUT2D eigenvalue weighted by Crippen LogP contribution is 2.18. The minimum atomic E-state index is -0.420. The van der Waals surface area contributed by atoms with Gasteiger partial charge in [0.1, 0.15) is 6.54 Å². The Morgan fingerprint density at radius 1 is 1.41 bits per heavy atom. The van der Waals surface area contributed by atoms with E-state index in [9.17, 15) is 9.59 Å². The third-order valence-electron chi connectivity index (χ3n) is 2.73. The summed E-state index contributed by atoms with van der Waals surface area (Å²) in [6.45, 7) is 3.84. The van der Waals surface area contributed by atoms with Gasteiger partial charge in [0, 0.05) is 0 Å². The van der Waals surface area contributed by atoms with E-state index in [1.807, 2.05) is 38.1 Å². The molecule has 0 aliphatic heterocycles. The van der Waals surface area contributed by atoms with E-state index in [2.05, 4.69) is 4.74 Å². The molecular formula is C13H17NO3. The first-order valence-electron chi connectivity index (χ1n) is 5.43. The molecular weight excluding hydrogens is 218 g/mol. The van der Waals surface area contributed by atoms with Crippen LogP contribution in [0.25, 0.3) is 0 Å². The van der Waals surface area contributed by atoms with Gasteiger partial charge in [0.05, 0.1) is 13.2 Å². The molecule has 1 amide bonds. The molecule has 17 heavy (non-hydrogen) atoms. The predicted molar refractivity (Wildman–Crippen MR) is 64.4 cm³/mol. The van der Waals surface area contributed by atoms with Gasteiger partial charge in [0.2, 0.25) is 6.41 Å². The van der Waals surface area contributed by atoms with Crippen LogP contribution >= 0.6 is 0 Å². The molecule has 92 valence electrons. The van der Waals surface area contributed by atoms with E-state index >= 15 is 0 Å². The first-order valence-corrected chi connectivity index (χ1v) is 5.43. The van der Waals surface area contributed by atoms with Crippen LogP contribution in [0.2, 0.25) is 0 Å². The van der Waals surface area contributed by atoms with Gasteiger partial charge in [0.25, 0.3) is 0 Å². The van der Waals surface area contributed by atoms with Gasteiger partial charge in [-0.05, 0) is 19.4 Å². The number of esters is 1. The fraction of sp³-hybridized carbons (Fsp3) is 0.385. The van der Waals surface area contributed by atoms with E-state index < -0.39 is 5.97 Å². The molecule has 0 saturated heterocycles. The number of methoxy groups -OCH3 is 1. The highest BCUT2D eigenvalue weighted by atomic mass is 16.5. The summed E-state index contributed by atoms with van der Waals surface area (Å²) in [5, 5.41) is 0. The van der Waals surface area contributed by atoms with Crippen molar-refractivity contribution < 1.29 is 14.3 Å². The Balaban J connectivity index is 2.78. The van der Waals surface area contributed by atoms with E-state index in [-0.39, 0.29) is 12.6 Å². The minimum absolute atomic E-state index is 0.0327. The van der Waals surface area contributed by atoms with Crippen LogP contribution in [0.1, 0.15) is 24.1 Å². The predicted octanol–water partition coefficient (Wildman–Crippen LogP) is 1.69. The monoisotopic (exact) mass is 235 g/mol. The molecule has 4 heteroatoms. The Bertz CT molecular complexity index is 386. The van der Waals surface area contributed by atoms with Crippen molar-refractivity contribution in [3.8, 4) is 0 Å². The lowest BCUT2D eigenvalue weighted by atomic mass is 10.1. The van der Waals surface area contributed by atoms with Gasteiger partial charge in [-0.1, -0.05) is 29.8 Å². The molecule has 0 aromatic heterocycles. The average molecular weight is 235 g/mol. The number of amides is 1. The molecule has 4 nitrogen and oxygen atoms in total. The number of nitrogens with zero attached hydrogens (tertiary/aromatic N) is 1. The number of ether oxygens (including phenoxy) is 1. The Kier molecular flexibility index (Phi) is 4.69. The molecule has 0 bridgehead atoms. The highest BCUT2D eigenvalue weighted by Gasteiger charge is 2.17. The quantitative estimate of drug-likeness (QED) is 0.576. The molecule has 1 aromatic rings. The second kappa shape index (κ2) is 6.03. The minimum Gasteiger partial charge on any atom is -0.468 e. The summed E-state index contributed by atoms with van der Waals surface area (Å²) in [5.74, 6) is -0.420. The van der Waals surface area contributed by atoms with Crippen LogP contribution in [-0.4, -0.2) is 30.9 Å². The normalized spacial score (nSPS) is 11.7. The zero-order valence-corrected chi connectivity index (χ0v) is 10.3. The molecule has 1 rings (SSSR count). The smallest absolute Gasteiger partial charge is 0.325 e. The summed E-state index contributed by atoms with van der Waals surface area (Å²) >= 11 is 0. The average Bonchev–Trinajstić information content (AvgIpc) is 2.35. The summed E-state index contributed by atoms with van der Waals surface area (Å²) in [6, 6.07) is 7.72. The lowest BCUT2D eigenvalue weighted by molar-refractivity contribution is -0.145. The summed E-state index contributed by atoms with van der Waals surface area (Å²) in [5.41, 5.74) is 2.15. The van der Waals surface area contributed by atoms with Crippen molar-refractivity contribution >= 4 is 12.4 Å². The zero-order valence-electron chi connectivity index (χ0n) is 10.3. The van der Waals surface area contributed by atoms with Gasteiger partial charge in [-0.25, -0.2) is 0 Å². The maximum absolute atomic E-state index is 11.1. The molecule has 0 N–H and O–H groups in total. The number of rotatable bonds is 5. The van der Waals surface area contributed by atoms with Crippen LogP contribution in [0, 0.1) is 6.92 Å². The van der Waals surface area contributed by atoms with Gasteiger partial charge in [-0.3, -0.25) is 9.59 Å². The number of hydrogen-bond acceptors (Lipinski definition) is 3. The number of aryl methyl sites for hydroxylation is 1. The molecule has 1 atom stereocenters. The Morgan fingerprint density at radius 3 is 2.47 bits per heavy atom. The number of benzene rings is 1. The van der Waals surface area contributed by atoms with Crippen molar-refractivity contribution in [1.82, 2.24) is 4.90 Å². The molecule has 0 fully saturated rings. The fourth-order valence-corrected chi connectivity index (χ4v) is 1.52. The largest absolute Gasteiger partial charge is 0.468 e. The van der Waals surface area contributed by atoms with Crippen LogP contribution in [-0.2, 0) is 14.3 Å². The molecule has 1 unspecified atom stereocenters. The first kappa shape index (κ1) is 13.2. The third kappa shape index (κ3) is 3.59. The van der Waals surface area contributed by atoms with E-state index in [0.717, 1.165) is 11.1 Å². The van der Waals surface area contributed by atoms with Crippen LogP contribution < -0.4 is 0 Å². The van der Waals surface area contributed by atoms with Crippen molar-refractivity contribution in [3.63, 3.8) is 0 Å². The van der Waals surface area contributed by atoms with Crippen LogP contribution in [0.5, 0.6) is 0 Å². The van der Waals surface area contributed by atoms with Gasteiger partial charge in [-0.2, -0.15) is 0 Å². The van der Waals surface area contributed by atoms with E-state index in [4.69, 9.17) is 0 Å². The molecule has 1 aromatic carbocycles. The first-order chi connectivity index (χ1) is 8.08. The number of hydrogen-bond donors (Lipinski definition) is 0. The van der Waals surface area contributed by atoms with Crippen LogP contribution in [0.4, 0.5) is 0 Å². The van der Waals surface area contributed by atoms with Gasteiger partial charge < -0.3 is 9.64 Å². The lowest BCUT2D eigenvalue weighted by Gasteiger charge is -2.24. The molecule has 0 aliphatic carbocycles. The van der Waals surface area contributed by atoms with Gasteiger partial charge in [-0.15, -0.1) is 0 Å². The highest BCUT2D eigenvalue weighted by molar-refractivity contribution is 5.74. The zero-order chi connectivity index (χ0) is 12.8. The second-order valence-electron chi connectivity index (χ2n) is 3.94. The Morgan fingerprint density at radius 2 is 2.00 bits per heavy atom. The standard InChI is InChI=1S/C13H17NO3/c1-10-4-6-12(7-5-10)11(2)14(9-15)8-13(16)17-3/h4-7,9,11H,8H2,1-3H3. The SMILES string of the molecule is COC(=O)CN(C=O)C(C)c1ccc(C)cc1. The molecule has 0 spiro atoms. The second-order valence-corrected chi connectivity index (χ2v) is 3.94. The Hall–Kier alpha value is -1.84. The summed E-state index contributed by atoms with van der Waals surface area (Å²) in [4.78, 5) is 23.5. The van der Waals surface area contributed by atoms with E-state index in [1.54, 1.807) is 0 Å². The molecule has 0 radical (unpaired) electrons. The molecule has 0 heterocycles. The third-order valence-corrected chi connectivity index (χ3v) is 2.73. The number of carbonyl (C=O) groups excluding carboxylic acids is 2. The van der Waals surface area contributed by atoms with Crippen molar-refractivity contribution in [2.24, 2.45) is 0 Å². The maximum Gasteiger partial charge on any atom is 0.325 e. The van der Waals surface area contributed by atoms with E-state index in [0.29, 0.717) is 6.41 Å². The van der Waals surface area contributed by atoms with Crippen LogP contribution in [0.15, 0.2) is 24.3 Å². The van der Waals surface area contributed by atoms with E-state index in [1.165, 1.54) is 12.0 Å². The van der Waals surface area contributed by atoms with Crippen molar-refractivity contribution in [2.45, 2.75) is 19.9 Å². The van der Waals surface area contributed by atoms with Crippen molar-refractivity contribution in [2.75, 3.05) is 13.7 Å². The van der Waals surface area contributed by atoms with Gasteiger partial charge >= 0.3 is 5.97 Å². The topological polar surface area (TPSA) is 46.6 Å². The maximum atomic E-state index is 11.1. The van der Waals surface area contributed by atoms with Crippen molar-refractivity contribution in [3.05, 3.63) is 35.4 Å². The fourth-order valence-electron chi connectivity index (χ4n) is 1.52. The summed E-state index contributed by atoms with van der Waals surface area (Å²) < 4.78 is 4.55. The summed E-state index contributed by atoms with van der Waals surface area (Å²) in [7, 11) is 1.31.